The van der Waals surface area contributed by atoms with Crippen molar-refractivity contribution in [3.63, 3.8) is 0 Å². The van der Waals surface area contributed by atoms with E-state index in [0.717, 1.165) is 17.7 Å². The fraction of sp³-hybridized carbons (Fsp3) is 0.417. The molecule has 2 aromatic rings. The summed E-state index contributed by atoms with van der Waals surface area (Å²) in [5.41, 5.74) is 2.45. The Morgan fingerprint density at radius 3 is 2.39 bits per heavy atom. The van der Waals surface area contributed by atoms with Gasteiger partial charge in [-0.1, -0.05) is 37.3 Å². The summed E-state index contributed by atoms with van der Waals surface area (Å²) in [6, 6.07) is 14.1. The van der Waals surface area contributed by atoms with Gasteiger partial charge in [0.15, 0.2) is 0 Å². The predicted octanol–water partition coefficient (Wildman–Crippen LogP) is 3.00. The molecule has 6 nitrogen and oxygen atoms in total. The van der Waals surface area contributed by atoms with E-state index < -0.39 is 0 Å². The molecule has 0 spiro atoms. The first kappa shape index (κ1) is 22.7. The van der Waals surface area contributed by atoms with Crippen LogP contribution in [0.4, 0.5) is 15.8 Å². The number of benzene rings is 2. The van der Waals surface area contributed by atoms with Crippen molar-refractivity contribution in [3.05, 3.63) is 59.9 Å². The van der Waals surface area contributed by atoms with Gasteiger partial charge in [-0.2, -0.15) is 0 Å². The molecule has 0 radical (unpaired) electrons. The van der Waals surface area contributed by atoms with Crippen LogP contribution < -0.4 is 10.2 Å². The van der Waals surface area contributed by atoms with Crippen LogP contribution in [-0.2, 0) is 16.0 Å². The molecule has 166 valence electrons. The van der Waals surface area contributed by atoms with Crippen molar-refractivity contribution in [1.82, 2.24) is 9.80 Å². The predicted molar refractivity (Wildman–Crippen MR) is 122 cm³/mol. The van der Waals surface area contributed by atoms with Crippen LogP contribution in [0.15, 0.2) is 48.5 Å². The highest BCUT2D eigenvalue weighted by molar-refractivity contribution is 5.95. The molecular formula is C24H31FN4O2. The van der Waals surface area contributed by atoms with Gasteiger partial charge in [-0.3, -0.25) is 14.5 Å². The van der Waals surface area contributed by atoms with Gasteiger partial charge in [-0.05, 0) is 37.1 Å². The zero-order chi connectivity index (χ0) is 22.4. The molecule has 0 saturated carbocycles. The molecule has 2 amide bonds. The van der Waals surface area contributed by atoms with E-state index in [2.05, 4.69) is 10.2 Å². The number of anilines is 2. The molecule has 1 atom stereocenters. The number of halogens is 1. The summed E-state index contributed by atoms with van der Waals surface area (Å²) in [4.78, 5) is 30.9. The van der Waals surface area contributed by atoms with E-state index in [9.17, 15) is 14.0 Å². The lowest BCUT2D eigenvalue weighted by Crippen LogP contribution is -2.54. The number of hydrogen-bond donors (Lipinski definition) is 1. The minimum absolute atomic E-state index is 0.00356. The molecule has 0 aromatic heterocycles. The highest BCUT2D eigenvalue weighted by Crippen LogP contribution is 2.21. The molecule has 2 aromatic carbocycles. The second-order valence-electron chi connectivity index (χ2n) is 7.90. The number of piperazine rings is 1. The van der Waals surface area contributed by atoms with Crippen LogP contribution in [0.3, 0.4) is 0 Å². The average Bonchev–Trinajstić information content (AvgIpc) is 2.78. The summed E-state index contributed by atoms with van der Waals surface area (Å²) >= 11 is 0. The maximum Gasteiger partial charge on any atom is 0.243 e. The van der Waals surface area contributed by atoms with E-state index in [1.807, 2.05) is 49.1 Å². The van der Waals surface area contributed by atoms with Gasteiger partial charge in [0.1, 0.15) is 5.82 Å². The number of para-hydroxylation sites is 2. The van der Waals surface area contributed by atoms with Gasteiger partial charge < -0.3 is 15.1 Å². The summed E-state index contributed by atoms with van der Waals surface area (Å²) in [5.74, 6) is -0.540. The number of hydrogen-bond acceptors (Lipinski definition) is 4. The normalized spacial score (nSPS) is 15.4. The Bertz CT molecular complexity index is 912. The second-order valence-corrected chi connectivity index (χ2v) is 7.90. The van der Waals surface area contributed by atoms with Gasteiger partial charge in [0, 0.05) is 38.9 Å². The molecule has 31 heavy (non-hydrogen) atoms. The number of rotatable bonds is 7. The Kier molecular flexibility index (Phi) is 7.63. The molecule has 1 saturated heterocycles. The van der Waals surface area contributed by atoms with E-state index in [1.165, 1.54) is 11.0 Å². The minimum Gasteiger partial charge on any atom is -0.367 e. The van der Waals surface area contributed by atoms with E-state index in [1.54, 1.807) is 19.2 Å². The Morgan fingerprint density at radius 2 is 1.71 bits per heavy atom. The summed E-state index contributed by atoms with van der Waals surface area (Å²) in [5, 5.41) is 2.91. The van der Waals surface area contributed by atoms with Gasteiger partial charge in [-0.25, -0.2) is 4.39 Å². The molecule has 1 aliphatic heterocycles. The van der Waals surface area contributed by atoms with Crippen molar-refractivity contribution in [3.8, 4) is 0 Å². The Hall–Kier alpha value is -2.93. The largest absolute Gasteiger partial charge is 0.367 e. The first-order valence-corrected chi connectivity index (χ1v) is 10.8. The van der Waals surface area contributed by atoms with Crippen molar-refractivity contribution < 1.29 is 14.0 Å². The summed E-state index contributed by atoms with van der Waals surface area (Å²) < 4.78 is 14.0. The standard InChI is InChI=1S/C24H31FN4O2/c1-4-19-9-5-7-11-21(19)26-23(30)17-27(3)24(31)18(2)28-13-15-29(16-14-28)22-12-8-6-10-20(22)25/h5-12,18H,4,13-17H2,1-3H3,(H,26,30)/t18-/m1/s1. The third kappa shape index (κ3) is 5.61. The smallest absolute Gasteiger partial charge is 0.243 e. The SMILES string of the molecule is CCc1ccccc1NC(=O)CN(C)C(=O)[C@@H](C)N1CCN(c2ccccc2F)CC1. The molecule has 0 aliphatic carbocycles. The number of likely N-dealkylation sites (N-methyl/N-ethyl adjacent to an activating group) is 1. The van der Waals surface area contributed by atoms with E-state index in [4.69, 9.17) is 0 Å². The lowest BCUT2D eigenvalue weighted by molar-refractivity contribution is -0.137. The molecule has 7 heteroatoms. The van der Waals surface area contributed by atoms with Crippen molar-refractivity contribution in [2.45, 2.75) is 26.3 Å². The van der Waals surface area contributed by atoms with Crippen LogP contribution in [-0.4, -0.2) is 67.4 Å². The highest BCUT2D eigenvalue weighted by atomic mass is 19.1. The van der Waals surface area contributed by atoms with Crippen LogP contribution in [0.2, 0.25) is 0 Å². The number of carbonyl (C=O) groups excluding carboxylic acids is 2. The number of nitrogens with zero attached hydrogens (tertiary/aromatic N) is 3. The average molecular weight is 427 g/mol. The minimum atomic E-state index is -0.344. The van der Waals surface area contributed by atoms with Gasteiger partial charge in [0.2, 0.25) is 11.8 Å². The van der Waals surface area contributed by atoms with Crippen LogP contribution in [0.1, 0.15) is 19.4 Å². The first-order valence-electron chi connectivity index (χ1n) is 10.8. The van der Waals surface area contributed by atoms with Crippen LogP contribution in [0, 0.1) is 5.82 Å². The third-order valence-corrected chi connectivity index (χ3v) is 5.84. The summed E-state index contributed by atoms with van der Waals surface area (Å²) in [6.07, 6.45) is 0.821. The molecule has 1 fully saturated rings. The molecule has 1 heterocycles. The van der Waals surface area contributed by atoms with Gasteiger partial charge in [-0.15, -0.1) is 0 Å². The lowest BCUT2D eigenvalue weighted by atomic mass is 10.1. The van der Waals surface area contributed by atoms with Crippen molar-refractivity contribution in [2.75, 3.05) is 50.0 Å². The molecule has 1 aliphatic rings. The fourth-order valence-electron chi connectivity index (χ4n) is 3.97. The molecule has 0 unspecified atom stereocenters. The third-order valence-electron chi connectivity index (χ3n) is 5.84. The zero-order valence-corrected chi connectivity index (χ0v) is 18.5. The summed E-state index contributed by atoms with van der Waals surface area (Å²) in [7, 11) is 1.65. The number of nitrogens with one attached hydrogen (secondary N) is 1. The maximum atomic E-state index is 14.0. The van der Waals surface area contributed by atoms with E-state index >= 15 is 0 Å². The molecule has 0 bridgehead atoms. The number of amides is 2. The first-order chi connectivity index (χ1) is 14.9. The Labute approximate surface area is 183 Å². The van der Waals surface area contributed by atoms with Crippen molar-refractivity contribution in [1.29, 1.82) is 0 Å². The quantitative estimate of drug-likeness (QED) is 0.740. The zero-order valence-electron chi connectivity index (χ0n) is 18.5. The van der Waals surface area contributed by atoms with Gasteiger partial charge in [0.05, 0.1) is 18.3 Å². The van der Waals surface area contributed by atoms with Gasteiger partial charge >= 0.3 is 0 Å². The Morgan fingerprint density at radius 1 is 1.06 bits per heavy atom. The fourth-order valence-corrected chi connectivity index (χ4v) is 3.97. The second kappa shape index (κ2) is 10.4. The van der Waals surface area contributed by atoms with Crippen LogP contribution in [0.5, 0.6) is 0 Å². The Balaban J connectivity index is 1.51. The topological polar surface area (TPSA) is 55.9 Å². The maximum absolute atomic E-state index is 14.0. The van der Waals surface area contributed by atoms with Crippen molar-refractivity contribution in [2.24, 2.45) is 0 Å². The molecule has 1 N–H and O–H groups in total. The van der Waals surface area contributed by atoms with E-state index in [0.29, 0.717) is 31.9 Å². The van der Waals surface area contributed by atoms with Crippen molar-refractivity contribution >= 4 is 23.2 Å². The van der Waals surface area contributed by atoms with Gasteiger partial charge in [0.25, 0.3) is 0 Å². The number of carbonyl (C=O) groups is 2. The number of aryl methyl sites for hydroxylation is 1. The summed E-state index contributed by atoms with van der Waals surface area (Å²) in [6.45, 7) is 6.51. The van der Waals surface area contributed by atoms with Crippen LogP contribution >= 0.6 is 0 Å². The highest BCUT2D eigenvalue weighted by Gasteiger charge is 2.28. The lowest BCUT2D eigenvalue weighted by Gasteiger charge is -2.39. The van der Waals surface area contributed by atoms with E-state index in [-0.39, 0.29) is 30.2 Å². The van der Waals surface area contributed by atoms with Crippen LogP contribution in [0.25, 0.3) is 0 Å². The molecule has 3 rings (SSSR count). The monoisotopic (exact) mass is 426 g/mol. The molecular weight excluding hydrogens is 395 g/mol.